The number of rotatable bonds is 5. The lowest BCUT2D eigenvalue weighted by Crippen LogP contribution is -2.18. The number of methoxy groups -OCH3 is 3. The molecule has 0 fully saturated rings. The molecule has 0 saturated carbocycles. The highest BCUT2D eigenvalue weighted by Crippen LogP contribution is 2.19. The van der Waals surface area contributed by atoms with Crippen LogP contribution in [0.5, 0.6) is 0 Å². The van der Waals surface area contributed by atoms with E-state index in [1.807, 2.05) is 0 Å². The SMILES string of the molecule is COC(=O)c1cc(NC(=O)c2ccccc2C(=O)OC)cc(C(=O)OC)c1. The number of ether oxygens (including phenoxy) is 3. The average Bonchev–Trinajstić information content (AvgIpc) is 2.71. The van der Waals surface area contributed by atoms with Crippen molar-refractivity contribution in [3.05, 3.63) is 64.7 Å². The van der Waals surface area contributed by atoms with Crippen LogP contribution in [0, 0.1) is 0 Å². The van der Waals surface area contributed by atoms with E-state index < -0.39 is 23.8 Å². The maximum absolute atomic E-state index is 12.6. The van der Waals surface area contributed by atoms with Crippen LogP contribution in [0.3, 0.4) is 0 Å². The van der Waals surface area contributed by atoms with Crippen molar-refractivity contribution in [2.75, 3.05) is 26.6 Å². The van der Waals surface area contributed by atoms with Crippen molar-refractivity contribution in [3.8, 4) is 0 Å². The third kappa shape index (κ3) is 4.49. The van der Waals surface area contributed by atoms with Crippen LogP contribution in [0.25, 0.3) is 0 Å². The van der Waals surface area contributed by atoms with Crippen LogP contribution in [0.1, 0.15) is 41.4 Å². The molecule has 0 saturated heterocycles. The lowest BCUT2D eigenvalue weighted by atomic mass is 10.1. The third-order valence-electron chi connectivity index (χ3n) is 3.61. The van der Waals surface area contributed by atoms with Gasteiger partial charge in [0.05, 0.1) is 43.6 Å². The number of anilines is 1. The summed E-state index contributed by atoms with van der Waals surface area (Å²) in [4.78, 5) is 48.1. The van der Waals surface area contributed by atoms with Gasteiger partial charge in [-0.25, -0.2) is 14.4 Å². The van der Waals surface area contributed by atoms with Gasteiger partial charge in [-0.1, -0.05) is 12.1 Å². The van der Waals surface area contributed by atoms with Gasteiger partial charge >= 0.3 is 17.9 Å². The molecule has 0 aliphatic carbocycles. The van der Waals surface area contributed by atoms with Gasteiger partial charge in [0.2, 0.25) is 0 Å². The first-order valence-electron chi connectivity index (χ1n) is 7.71. The maximum Gasteiger partial charge on any atom is 0.338 e. The maximum atomic E-state index is 12.6. The Balaban J connectivity index is 2.42. The van der Waals surface area contributed by atoms with Crippen molar-refractivity contribution in [2.24, 2.45) is 0 Å². The minimum absolute atomic E-state index is 0.0527. The number of esters is 3. The molecule has 140 valence electrons. The van der Waals surface area contributed by atoms with E-state index in [0.29, 0.717) is 0 Å². The fraction of sp³-hybridized carbons (Fsp3) is 0.158. The van der Waals surface area contributed by atoms with Crippen LogP contribution in [-0.4, -0.2) is 45.1 Å². The fourth-order valence-corrected chi connectivity index (χ4v) is 2.34. The molecule has 1 N–H and O–H groups in total. The van der Waals surface area contributed by atoms with Crippen LogP contribution in [0.4, 0.5) is 5.69 Å². The highest BCUT2D eigenvalue weighted by Gasteiger charge is 2.19. The van der Waals surface area contributed by atoms with Crippen molar-refractivity contribution >= 4 is 29.5 Å². The summed E-state index contributed by atoms with van der Waals surface area (Å²) >= 11 is 0. The van der Waals surface area contributed by atoms with Gasteiger partial charge in [-0.3, -0.25) is 4.79 Å². The third-order valence-corrected chi connectivity index (χ3v) is 3.61. The first-order valence-corrected chi connectivity index (χ1v) is 7.71. The first-order chi connectivity index (χ1) is 12.9. The van der Waals surface area contributed by atoms with Crippen LogP contribution in [-0.2, 0) is 14.2 Å². The molecule has 0 atom stereocenters. The van der Waals surface area contributed by atoms with Crippen molar-refractivity contribution in [1.29, 1.82) is 0 Å². The van der Waals surface area contributed by atoms with Crippen LogP contribution in [0.15, 0.2) is 42.5 Å². The van der Waals surface area contributed by atoms with E-state index in [1.54, 1.807) is 12.1 Å². The molecule has 0 aliphatic heterocycles. The van der Waals surface area contributed by atoms with Gasteiger partial charge in [-0.05, 0) is 30.3 Å². The molecule has 0 aromatic heterocycles. The van der Waals surface area contributed by atoms with E-state index in [4.69, 9.17) is 0 Å². The molecule has 0 radical (unpaired) electrons. The van der Waals surface area contributed by atoms with E-state index in [-0.39, 0.29) is 27.9 Å². The van der Waals surface area contributed by atoms with Crippen molar-refractivity contribution in [1.82, 2.24) is 0 Å². The first kappa shape index (κ1) is 19.6. The van der Waals surface area contributed by atoms with Gasteiger partial charge in [0.25, 0.3) is 5.91 Å². The highest BCUT2D eigenvalue weighted by molar-refractivity contribution is 6.11. The lowest BCUT2D eigenvalue weighted by molar-refractivity contribution is 0.0587. The summed E-state index contributed by atoms with van der Waals surface area (Å²) in [7, 11) is 3.59. The fourth-order valence-electron chi connectivity index (χ4n) is 2.34. The molecule has 2 rings (SSSR count). The van der Waals surface area contributed by atoms with Gasteiger partial charge in [0.15, 0.2) is 0 Å². The summed E-state index contributed by atoms with van der Waals surface area (Å²) in [5.41, 5.74) is 0.416. The Bertz CT molecular complexity index is 870. The molecule has 1 amide bonds. The molecule has 0 bridgehead atoms. The Morgan fingerprint density at radius 2 is 1.19 bits per heavy atom. The van der Waals surface area contributed by atoms with E-state index >= 15 is 0 Å². The van der Waals surface area contributed by atoms with E-state index in [9.17, 15) is 19.2 Å². The Hall–Kier alpha value is -3.68. The summed E-state index contributed by atoms with van der Waals surface area (Å²) in [6.45, 7) is 0. The van der Waals surface area contributed by atoms with Gasteiger partial charge in [0, 0.05) is 5.69 Å². The molecule has 8 heteroatoms. The number of amides is 1. The van der Waals surface area contributed by atoms with Crippen LogP contribution < -0.4 is 5.32 Å². The monoisotopic (exact) mass is 371 g/mol. The van der Waals surface area contributed by atoms with Gasteiger partial charge < -0.3 is 19.5 Å². The second-order valence-corrected chi connectivity index (χ2v) is 5.27. The second-order valence-electron chi connectivity index (χ2n) is 5.27. The lowest BCUT2D eigenvalue weighted by Gasteiger charge is -2.11. The van der Waals surface area contributed by atoms with Gasteiger partial charge in [-0.15, -0.1) is 0 Å². The zero-order valence-electron chi connectivity index (χ0n) is 14.9. The van der Waals surface area contributed by atoms with E-state index in [1.165, 1.54) is 51.7 Å². The number of carbonyl (C=O) groups is 4. The minimum atomic E-state index is -0.689. The Kier molecular flexibility index (Phi) is 6.27. The Morgan fingerprint density at radius 3 is 1.67 bits per heavy atom. The minimum Gasteiger partial charge on any atom is -0.465 e. The molecular formula is C19H17NO7. The summed E-state index contributed by atoms with van der Waals surface area (Å²) in [5.74, 6) is -2.66. The Morgan fingerprint density at radius 1 is 0.704 bits per heavy atom. The number of hydrogen-bond acceptors (Lipinski definition) is 7. The molecular weight excluding hydrogens is 354 g/mol. The normalized spacial score (nSPS) is 9.89. The quantitative estimate of drug-likeness (QED) is 0.634. The molecule has 2 aromatic rings. The Labute approximate surface area is 155 Å². The predicted octanol–water partition coefficient (Wildman–Crippen LogP) is 2.30. The molecule has 0 aliphatic rings. The molecule has 0 unspecified atom stereocenters. The van der Waals surface area contributed by atoms with Gasteiger partial charge in [0.1, 0.15) is 0 Å². The average molecular weight is 371 g/mol. The largest absolute Gasteiger partial charge is 0.465 e. The summed E-state index contributed by atoms with van der Waals surface area (Å²) < 4.78 is 14.0. The van der Waals surface area contributed by atoms with Crippen LogP contribution in [0.2, 0.25) is 0 Å². The highest BCUT2D eigenvalue weighted by atomic mass is 16.5. The molecule has 0 heterocycles. The van der Waals surface area contributed by atoms with Crippen LogP contribution >= 0.6 is 0 Å². The zero-order chi connectivity index (χ0) is 20.0. The smallest absolute Gasteiger partial charge is 0.338 e. The number of hydrogen-bond donors (Lipinski definition) is 1. The van der Waals surface area contributed by atoms with E-state index in [0.717, 1.165) is 0 Å². The predicted molar refractivity (Wildman–Crippen MR) is 94.9 cm³/mol. The van der Waals surface area contributed by atoms with Crippen molar-refractivity contribution in [2.45, 2.75) is 0 Å². The molecule has 0 spiro atoms. The number of nitrogens with one attached hydrogen (secondary N) is 1. The topological polar surface area (TPSA) is 108 Å². The molecule has 2 aromatic carbocycles. The molecule has 8 nitrogen and oxygen atoms in total. The second kappa shape index (κ2) is 8.61. The summed E-state index contributed by atoms with van der Waals surface area (Å²) in [6, 6.07) is 10.1. The van der Waals surface area contributed by atoms with Crippen molar-refractivity contribution in [3.63, 3.8) is 0 Å². The standard InChI is InChI=1S/C19H17NO7/c1-25-17(22)11-8-12(18(23)26-2)10-13(9-11)20-16(21)14-6-4-5-7-15(14)19(24)27-3/h4-10H,1-3H3,(H,20,21). The number of carbonyl (C=O) groups excluding carboxylic acids is 4. The van der Waals surface area contributed by atoms with E-state index in [2.05, 4.69) is 19.5 Å². The zero-order valence-corrected chi connectivity index (χ0v) is 14.9. The van der Waals surface area contributed by atoms with Gasteiger partial charge in [-0.2, -0.15) is 0 Å². The van der Waals surface area contributed by atoms with Crippen molar-refractivity contribution < 1.29 is 33.4 Å². The number of benzene rings is 2. The summed E-state index contributed by atoms with van der Waals surface area (Å²) in [6.07, 6.45) is 0. The molecule has 27 heavy (non-hydrogen) atoms. The summed E-state index contributed by atoms with van der Waals surface area (Å²) in [5, 5.41) is 2.55.